The first-order chi connectivity index (χ1) is 16.6. The van der Waals surface area contributed by atoms with Crippen LogP contribution in [0.2, 0.25) is 0 Å². The molecule has 1 saturated carbocycles. The summed E-state index contributed by atoms with van der Waals surface area (Å²) < 4.78 is 18.4. The fraction of sp³-hybridized carbons (Fsp3) is 0.360. The molecule has 0 saturated heterocycles. The van der Waals surface area contributed by atoms with Crippen molar-refractivity contribution in [3.63, 3.8) is 0 Å². The van der Waals surface area contributed by atoms with Gasteiger partial charge in [0.05, 0.1) is 11.4 Å². The summed E-state index contributed by atoms with van der Waals surface area (Å²) in [5.74, 6) is 0.402. The normalized spacial score (nSPS) is 16.8. The Morgan fingerprint density at radius 1 is 1.18 bits per heavy atom. The Morgan fingerprint density at radius 2 is 2.06 bits per heavy atom. The Bertz CT molecular complexity index is 1450. The second-order valence-electron chi connectivity index (χ2n) is 9.02. The maximum Gasteiger partial charge on any atom is 0.278 e. The zero-order valence-corrected chi connectivity index (χ0v) is 19.0. The van der Waals surface area contributed by atoms with Crippen molar-refractivity contribution in [2.24, 2.45) is 0 Å². The van der Waals surface area contributed by atoms with Gasteiger partial charge in [-0.3, -0.25) is 9.78 Å². The number of alkyl halides is 1. The molecule has 9 heteroatoms. The number of aromatic nitrogens is 5. The number of pyridine rings is 1. The predicted molar refractivity (Wildman–Crippen MR) is 128 cm³/mol. The number of fused-ring (bicyclic) bond motifs is 2. The van der Waals surface area contributed by atoms with E-state index in [1.165, 1.54) is 11.1 Å². The Kier molecular flexibility index (Phi) is 4.95. The van der Waals surface area contributed by atoms with E-state index in [1.807, 2.05) is 13.0 Å². The van der Waals surface area contributed by atoms with E-state index in [0.29, 0.717) is 47.7 Å². The molecule has 0 bridgehead atoms. The van der Waals surface area contributed by atoms with Crippen molar-refractivity contribution in [1.29, 1.82) is 0 Å². The van der Waals surface area contributed by atoms with Crippen LogP contribution in [0, 0.1) is 0 Å². The van der Waals surface area contributed by atoms with Crippen LogP contribution >= 0.6 is 0 Å². The highest BCUT2D eigenvalue weighted by atomic mass is 19.1. The second kappa shape index (κ2) is 8.02. The van der Waals surface area contributed by atoms with Crippen LogP contribution in [0.1, 0.15) is 43.0 Å². The van der Waals surface area contributed by atoms with Gasteiger partial charge in [-0.2, -0.15) is 4.98 Å². The van der Waals surface area contributed by atoms with Crippen LogP contribution in [0.5, 0.6) is 0 Å². The van der Waals surface area contributed by atoms with Gasteiger partial charge in [0.25, 0.3) is 5.56 Å². The first-order valence-corrected chi connectivity index (χ1v) is 11.8. The van der Waals surface area contributed by atoms with E-state index in [-0.39, 0.29) is 5.56 Å². The molecule has 1 aliphatic carbocycles. The highest BCUT2D eigenvalue weighted by Crippen LogP contribution is 2.44. The molecule has 1 aliphatic heterocycles. The summed E-state index contributed by atoms with van der Waals surface area (Å²) in [6, 6.07) is 9.76. The van der Waals surface area contributed by atoms with Crippen LogP contribution in [-0.4, -0.2) is 30.9 Å². The third-order valence-corrected chi connectivity index (χ3v) is 6.92. The molecule has 4 heterocycles. The number of anilines is 2. The lowest BCUT2D eigenvalue weighted by Gasteiger charge is -2.33. The van der Waals surface area contributed by atoms with Crippen LogP contribution in [0.25, 0.3) is 16.7 Å². The lowest BCUT2D eigenvalue weighted by atomic mass is 9.79. The van der Waals surface area contributed by atoms with E-state index in [1.54, 1.807) is 33.9 Å². The molecule has 2 N–H and O–H groups in total. The Labute approximate surface area is 195 Å². The van der Waals surface area contributed by atoms with Crippen molar-refractivity contribution in [1.82, 2.24) is 29.6 Å². The molecule has 0 amide bonds. The van der Waals surface area contributed by atoms with Crippen LogP contribution in [-0.2, 0) is 25.2 Å². The fourth-order valence-corrected chi connectivity index (χ4v) is 4.86. The van der Waals surface area contributed by atoms with E-state index in [9.17, 15) is 4.79 Å². The van der Waals surface area contributed by atoms with Gasteiger partial charge in [-0.15, -0.1) is 0 Å². The lowest BCUT2D eigenvalue weighted by Crippen LogP contribution is -2.30. The molecular weight excluding hydrogens is 433 g/mol. The number of nitrogens with zero attached hydrogens (tertiary/aromatic N) is 5. The summed E-state index contributed by atoms with van der Waals surface area (Å²) in [5, 5.41) is 7.08. The number of benzene rings is 1. The van der Waals surface area contributed by atoms with Gasteiger partial charge in [0.15, 0.2) is 11.3 Å². The third-order valence-electron chi connectivity index (χ3n) is 6.92. The smallest absolute Gasteiger partial charge is 0.278 e. The quantitative estimate of drug-likeness (QED) is 0.473. The minimum absolute atomic E-state index is 0.178. The molecule has 1 fully saturated rings. The van der Waals surface area contributed by atoms with Gasteiger partial charge < -0.3 is 10.6 Å². The molecule has 34 heavy (non-hydrogen) atoms. The van der Waals surface area contributed by atoms with Gasteiger partial charge in [-0.1, -0.05) is 6.07 Å². The average Bonchev–Trinajstić information content (AvgIpc) is 3.13. The fourth-order valence-electron chi connectivity index (χ4n) is 4.86. The second-order valence-corrected chi connectivity index (χ2v) is 9.02. The zero-order chi connectivity index (χ0) is 23.3. The van der Waals surface area contributed by atoms with Crippen LogP contribution < -0.4 is 16.2 Å². The van der Waals surface area contributed by atoms with Crippen LogP contribution in [0.3, 0.4) is 0 Å². The summed E-state index contributed by atoms with van der Waals surface area (Å²) in [5.41, 5.74) is 3.48. The van der Waals surface area contributed by atoms with Crippen molar-refractivity contribution in [2.75, 3.05) is 11.9 Å². The summed E-state index contributed by atoms with van der Waals surface area (Å²) in [6.45, 7) is 4.18. The van der Waals surface area contributed by atoms with E-state index in [2.05, 4.69) is 32.7 Å². The first-order valence-electron chi connectivity index (χ1n) is 11.8. The topological polar surface area (TPSA) is 89.7 Å². The van der Waals surface area contributed by atoms with Gasteiger partial charge in [-0.05, 0) is 74.5 Å². The van der Waals surface area contributed by atoms with Crippen molar-refractivity contribution in [3.8, 4) is 5.69 Å². The van der Waals surface area contributed by atoms with E-state index in [0.717, 1.165) is 31.6 Å². The van der Waals surface area contributed by atoms with Crippen molar-refractivity contribution in [3.05, 3.63) is 69.9 Å². The van der Waals surface area contributed by atoms with Gasteiger partial charge in [0.2, 0.25) is 5.95 Å². The van der Waals surface area contributed by atoms with Gasteiger partial charge in [0.1, 0.15) is 5.39 Å². The maximum absolute atomic E-state index is 15.1. The Morgan fingerprint density at radius 3 is 2.85 bits per heavy atom. The first kappa shape index (κ1) is 21.0. The molecular formula is C25H26FN7O. The molecule has 8 nitrogen and oxygen atoms in total. The molecule has 0 spiro atoms. The lowest BCUT2D eigenvalue weighted by molar-refractivity contribution is 0.0560. The van der Waals surface area contributed by atoms with Crippen molar-refractivity contribution in [2.45, 2.75) is 51.4 Å². The van der Waals surface area contributed by atoms with Gasteiger partial charge >= 0.3 is 0 Å². The Balaban J connectivity index is 1.43. The zero-order valence-electron chi connectivity index (χ0n) is 19.0. The summed E-state index contributed by atoms with van der Waals surface area (Å²) in [4.78, 5) is 26.5. The predicted octanol–water partition coefficient (Wildman–Crippen LogP) is 3.74. The van der Waals surface area contributed by atoms with Crippen LogP contribution in [0.15, 0.2) is 47.5 Å². The van der Waals surface area contributed by atoms with Crippen molar-refractivity contribution < 1.29 is 4.39 Å². The molecule has 0 unspecified atom stereocenters. The van der Waals surface area contributed by atoms with Gasteiger partial charge in [0, 0.05) is 31.2 Å². The van der Waals surface area contributed by atoms with Crippen molar-refractivity contribution >= 4 is 22.7 Å². The maximum atomic E-state index is 15.1. The molecule has 2 aliphatic rings. The highest BCUT2D eigenvalue weighted by Gasteiger charge is 2.40. The van der Waals surface area contributed by atoms with E-state index in [4.69, 9.17) is 4.98 Å². The number of rotatable bonds is 5. The number of nitrogens with one attached hydrogen (secondary N) is 2. The molecule has 174 valence electrons. The van der Waals surface area contributed by atoms with Crippen LogP contribution in [0.4, 0.5) is 16.0 Å². The number of hydrogen-bond donors (Lipinski definition) is 2. The minimum atomic E-state index is -1.39. The number of halogens is 1. The number of hydrogen-bond acceptors (Lipinski definition) is 6. The third kappa shape index (κ3) is 3.38. The molecule has 3 aromatic heterocycles. The SMILES string of the molecule is CCn1c(=O)c2cnc(Nc3ccc4c(c3)CCNC4)nc2n1-c1ccnc(C2(F)CCC2)c1. The minimum Gasteiger partial charge on any atom is -0.324 e. The standard InChI is InChI=1S/C25H26FN7O/c1-2-32-23(34)20-15-29-24(30-18-5-4-17-14-27-10-6-16(17)12-18)31-22(20)33(32)19-7-11-28-21(13-19)25(26)8-3-9-25/h4-5,7,11-13,15,27H,2-3,6,8-10,14H2,1H3,(H,29,30,31). The molecule has 4 aromatic rings. The summed E-state index contributed by atoms with van der Waals surface area (Å²) in [7, 11) is 0. The molecule has 1 aromatic carbocycles. The Hall–Kier alpha value is -3.59. The summed E-state index contributed by atoms with van der Waals surface area (Å²) in [6.07, 6.45) is 5.94. The largest absolute Gasteiger partial charge is 0.324 e. The monoisotopic (exact) mass is 459 g/mol. The van der Waals surface area contributed by atoms with E-state index >= 15 is 4.39 Å². The average molecular weight is 460 g/mol. The molecule has 6 rings (SSSR count). The molecule has 0 radical (unpaired) electrons. The van der Waals surface area contributed by atoms with E-state index < -0.39 is 5.67 Å². The highest BCUT2D eigenvalue weighted by molar-refractivity contribution is 5.77. The summed E-state index contributed by atoms with van der Waals surface area (Å²) >= 11 is 0. The molecule has 0 atom stereocenters. The van der Waals surface area contributed by atoms with Gasteiger partial charge in [-0.25, -0.2) is 18.7 Å².